The number of benzene rings is 1. The minimum atomic E-state index is -0.124. The van der Waals surface area contributed by atoms with Crippen LogP contribution >= 0.6 is 0 Å². The Balaban J connectivity index is 1.74. The van der Waals surface area contributed by atoms with E-state index in [4.69, 9.17) is 0 Å². The fourth-order valence-electron chi connectivity index (χ4n) is 3.88. The Bertz CT molecular complexity index is 454. The van der Waals surface area contributed by atoms with Crippen molar-refractivity contribution in [3.63, 3.8) is 0 Å². The van der Waals surface area contributed by atoms with E-state index in [1.165, 1.54) is 31.7 Å². The average molecular weight is 276 g/mol. The number of nitrogens with one attached hydrogen (secondary N) is 1. The van der Waals surface area contributed by atoms with Crippen molar-refractivity contribution in [1.29, 1.82) is 0 Å². The van der Waals surface area contributed by atoms with Gasteiger partial charge in [0.15, 0.2) is 0 Å². The second-order valence-corrected chi connectivity index (χ2v) is 6.47. The number of rotatable bonds is 3. The summed E-state index contributed by atoms with van der Waals surface area (Å²) in [5, 5.41) is 3.81. The highest BCUT2D eigenvalue weighted by atomic mass is 19.1. The van der Waals surface area contributed by atoms with E-state index in [1.54, 1.807) is 6.07 Å². The first-order chi connectivity index (χ1) is 9.71. The Morgan fingerprint density at radius 3 is 2.85 bits per heavy atom. The van der Waals surface area contributed by atoms with Gasteiger partial charge in [0.2, 0.25) is 0 Å². The van der Waals surface area contributed by atoms with E-state index >= 15 is 0 Å². The summed E-state index contributed by atoms with van der Waals surface area (Å²) in [6.45, 7) is 5.31. The fourth-order valence-corrected chi connectivity index (χ4v) is 3.88. The third kappa shape index (κ3) is 2.89. The summed E-state index contributed by atoms with van der Waals surface area (Å²) >= 11 is 0. The van der Waals surface area contributed by atoms with Crippen LogP contribution in [0.15, 0.2) is 24.3 Å². The zero-order chi connectivity index (χ0) is 14.0. The molecule has 1 unspecified atom stereocenters. The third-order valence-electron chi connectivity index (χ3n) is 5.04. The molecule has 2 nitrogen and oxygen atoms in total. The van der Waals surface area contributed by atoms with Crippen LogP contribution < -0.4 is 5.32 Å². The Morgan fingerprint density at radius 1 is 1.35 bits per heavy atom. The molecule has 2 fully saturated rings. The van der Waals surface area contributed by atoms with Gasteiger partial charge in [0.1, 0.15) is 5.82 Å². The number of piperazine rings is 1. The van der Waals surface area contributed by atoms with Gasteiger partial charge in [0.05, 0.1) is 0 Å². The SMILES string of the molecule is CCC1CNC2(CCCC2)CN1Cc1cccc(F)c1. The topological polar surface area (TPSA) is 15.3 Å². The van der Waals surface area contributed by atoms with E-state index in [1.807, 2.05) is 12.1 Å². The third-order valence-corrected chi connectivity index (χ3v) is 5.04. The molecule has 1 spiro atoms. The van der Waals surface area contributed by atoms with Crippen molar-refractivity contribution < 1.29 is 4.39 Å². The first-order valence-corrected chi connectivity index (χ1v) is 7.94. The molecule has 1 aliphatic heterocycles. The molecule has 1 saturated heterocycles. The highest BCUT2D eigenvalue weighted by molar-refractivity contribution is 5.17. The molecule has 0 bridgehead atoms. The maximum absolute atomic E-state index is 13.4. The Hall–Kier alpha value is -0.930. The second kappa shape index (κ2) is 5.82. The zero-order valence-electron chi connectivity index (χ0n) is 12.4. The van der Waals surface area contributed by atoms with Gasteiger partial charge in [-0.2, -0.15) is 0 Å². The Morgan fingerprint density at radius 2 is 2.15 bits per heavy atom. The molecule has 110 valence electrons. The van der Waals surface area contributed by atoms with E-state index < -0.39 is 0 Å². The predicted octanol–water partition coefficient (Wildman–Crippen LogP) is 3.32. The quantitative estimate of drug-likeness (QED) is 0.911. The lowest BCUT2D eigenvalue weighted by Crippen LogP contribution is -2.62. The largest absolute Gasteiger partial charge is 0.308 e. The van der Waals surface area contributed by atoms with Crippen LogP contribution in [0.25, 0.3) is 0 Å². The molecule has 1 atom stereocenters. The highest BCUT2D eigenvalue weighted by Crippen LogP contribution is 2.34. The molecule has 0 aromatic heterocycles. The predicted molar refractivity (Wildman–Crippen MR) is 80.1 cm³/mol. The minimum absolute atomic E-state index is 0.124. The normalized spacial score (nSPS) is 26.2. The highest BCUT2D eigenvalue weighted by Gasteiger charge is 2.40. The number of halogens is 1. The van der Waals surface area contributed by atoms with Crippen molar-refractivity contribution in [2.45, 2.75) is 57.2 Å². The van der Waals surface area contributed by atoms with Crippen LogP contribution in [0, 0.1) is 5.82 Å². The smallest absolute Gasteiger partial charge is 0.123 e. The number of nitrogens with zero attached hydrogens (tertiary/aromatic N) is 1. The molecule has 3 heteroatoms. The monoisotopic (exact) mass is 276 g/mol. The zero-order valence-corrected chi connectivity index (χ0v) is 12.4. The maximum atomic E-state index is 13.4. The first-order valence-electron chi connectivity index (χ1n) is 7.94. The van der Waals surface area contributed by atoms with Gasteiger partial charge in [-0.15, -0.1) is 0 Å². The molecule has 1 aromatic rings. The van der Waals surface area contributed by atoms with Crippen molar-refractivity contribution >= 4 is 0 Å². The molecule has 0 radical (unpaired) electrons. The molecular weight excluding hydrogens is 251 g/mol. The van der Waals surface area contributed by atoms with Crippen LogP contribution in [-0.2, 0) is 6.54 Å². The van der Waals surface area contributed by atoms with E-state index in [0.29, 0.717) is 11.6 Å². The molecule has 2 aliphatic rings. The van der Waals surface area contributed by atoms with E-state index in [9.17, 15) is 4.39 Å². The van der Waals surface area contributed by atoms with Crippen molar-refractivity contribution in [1.82, 2.24) is 10.2 Å². The van der Waals surface area contributed by atoms with Gasteiger partial charge in [-0.05, 0) is 37.0 Å². The lowest BCUT2D eigenvalue weighted by atomic mass is 9.91. The van der Waals surface area contributed by atoms with Crippen molar-refractivity contribution in [2.24, 2.45) is 0 Å². The molecule has 3 rings (SSSR count). The van der Waals surface area contributed by atoms with Gasteiger partial charge in [0.25, 0.3) is 0 Å². The van der Waals surface area contributed by atoms with Crippen molar-refractivity contribution in [3.05, 3.63) is 35.6 Å². The first kappa shape index (κ1) is 14.0. The van der Waals surface area contributed by atoms with Gasteiger partial charge in [0, 0.05) is 31.2 Å². The van der Waals surface area contributed by atoms with Crippen LogP contribution in [0.2, 0.25) is 0 Å². The molecule has 1 saturated carbocycles. The summed E-state index contributed by atoms with van der Waals surface area (Å²) in [6.07, 6.45) is 6.43. The van der Waals surface area contributed by atoms with E-state index in [0.717, 1.165) is 31.6 Å². The maximum Gasteiger partial charge on any atom is 0.123 e. The molecule has 1 heterocycles. The van der Waals surface area contributed by atoms with Gasteiger partial charge < -0.3 is 5.32 Å². The number of hydrogen-bond donors (Lipinski definition) is 1. The lowest BCUT2D eigenvalue weighted by Gasteiger charge is -2.46. The second-order valence-electron chi connectivity index (χ2n) is 6.47. The van der Waals surface area contributed by atoms with E-state index in [-0.39, 0.29) is 5.82 Å². The van der Waals surface area contributed by atoms with Crippen molar-refractivity contribution in [3.8, 4) is 0 Å². The summed E-state index contributed by atoms with van der Waals surface area (Å²) in [4.78, 5) is 2.57. The van der Waals surface area contributed by atoms with Crippen LogP contribution in [0.5, 0.6) is 0 Å². The van der Waals surface area contributed by atoms with E-state index in [2.05, 4.69) is 17.1 Å². The molecule has 1 aliphatic carbocycles. The van der Waals surface area contributed by atoms with Crippen LogP contribution in [-0.4, -0.2) is 29.6 Å². The molecular formula is C17H25FN2. The molecule has 20 heavy (non-hydrogen) atoms. The van der Waals surface area contributed by atoms with Crippen LogP contribution in [0.3, 0.4) is 0 Å². The fraction of sp³-hybridized carbons (Fsp3) is 0.647. The van der Waals surface area contributed by atoms with Gasteiger partial charge in [-0.25, -0.2) is 4.39 Å². The van der Waals surface area contributed by atoms with Gasteiger partial charge in [-0.3, -0.25) is 4.90 Å². The standard InChI is InChI=1S/C17H25FN2/c1-2-16-11-19-17(8-3-4-9-17)13-20(16)12-14-6-5-7-15(18)10-14/h5-7,10,16,19H,2-4,8-9,11-13H2,1H3. The Kier molecular flexibility index (Phi) is 4.08. The average Bonchev–Trinajstić information content (AvgIpc) is 2.87. The van der Waals surface area contributed by atoms with Gasteiger partial charge in [-0.1, -0.05) is 31.9 Å². The van der Waals surface area contributed by atoms with Gasteiger partial charge >= 0.3 is 0 Å². The molecule has 1 aromatic carbocycles. The lowest BCUT2D eigenvalue weighted by molar-refractivity contribution is 0.0717. The van der Waals surface area contributed by atoms with Crippen molar-refractivity contribution in [2.75, 3.05) is 13.1 Å². The summed E-state index contributed by atoms with van der Waals surface area (Å²) < 4.78 is 13.4. The summed E-state index contributed by atoms with van der Waals surface area (Å²) in [7, 11) is 0. The summed E-state index contributed by atoms with van der Waals surface area (Å²) in [5.74, 6) is -0.124. The molecule has 0 amide bonds. The van der Waals surface area contributed by atoms with Crippen LogP contribution in [0.4, 0.5) is 4.39 Å². The molecule has 1 N–H and O–H groups in total. The summed E-state index contributed by atoms with van der Waals surface area (Å²) in [5.41, 5.74) is 1.43. The summed E-state index contributed by atoms with van der Waals surface area (Å²) in [6, 6.07) is 7.63. The van der Waals surface area contributed by atoms with Crippen LogP contribution in [0.1, 0.15) is 44.6 Å². The Labute approximate surface area is 121 Å². The number of hydrogen-bond acceptors (Lipinski definition) is 2. The minimum Gasteiger partial charge on any atom is -0.308 e.